The lowest BCUT2D eigenvalue weighted by Gasteiger charge is -2.56. The highest BCUT2D eigenvalue weighted by Crippen LogP contribution is 2.55. The van der Waals surface area contributed by atoms with E-state index in [0.29, 0.717) is 5.76 Å². The van der Waals surface area contributed by atoms with Crippen molar-refractivity contribution in [3.05, 3.63) is 60.8 Å². The topological polar surface area (TPSA) is 47.6 Å². The summed E-state index contributed by atoms with van der Waals surface area (Å²) in [7, 11) is 0. The zero-order valence-electron chi connectivity index (χ0n) is 14.4. The molecule has 25 heavy (non-hydrogen) atoms. The maximum absolute atomic E-state index is 12.5. The van der Waals surface area contributed by atoms with Gasteiger partial charge in [0, 0.05) is 11.6 Å². The SMILES string of the molecule is O=C(NC12CC3CC(CC(C3)C1)C2)OC1=CC=CC=CC=COC=C1. The summed E-state index contributed by atoms with van der Waals surface area (Å²) in [6.07, 6.45) is 22.8. The standard InChI is InChI=1S/C21H25NO3/c23-20(25-19-6-4-2-1-3-5-8-24-9-7-19)22-21-13-16-10-17(14-21)12-18(11-16)15-21/h1-9,16-18H,10-15H2,(H,22,23). The first-order chi connectivity index (χ1) is 12.2. The Morgan fingerprint density at radius 2 is 1.60 bits per heavy atom. The molecule has 0 atom stereocenters. The maximum Gasteiger partial charge on any atom is 0.413 e. The number of nitrogens with one attached hydrogen (secondary N) is 1. The van der Waals surface area contributed by atoms with Crippen LogP contribution < -0.4 is 5.32 Å². The number of carbonyl (C=O) groups is 1. The summed E-state index contributed by atoms with van der Waals surface area (Å²) in [5, 5.41) is 3.22. The van der Waals surface area contributed by atoms with Crippen molar-refractivity contribution in [2.24, 2.45) is 17.8 Å². The summed E-state index contributed by atoms with van der Waals surface area (Å²) >= 11 is 0. The molecule has 0 aromatic carbocycles. The largest absolute Gasteiger partial charge is 0.472 e. The maximum atomic E-state index is 12.5. The van der Waals surface area contributed by atoms with Gasteiger partial charge in [-0.05, 0) is 68.4 Å². The van der Waals surface area contributed by atoms with Crippen LogP contribution in [0.25, 0.3) is 0 Å². The summed E-state index contributed by atoms with van der Waals surface area (Å²) < 4.78 is 10.8. The third kappa shape index (κ3) is 3.89. The molecule has 0 aromatic heterocycles. The molecule has 4 saturated carbocycles. The van der Waals surface area contributed by atoms with Crippen LogP contribution in [0.15, 0.2) is 60.8 Å². The van der Waals surface area contributed by atoms with Crippen LogP contribution in [0.2, 0.25) is 0 Å². The minimum Gasteiger partial charge on any atom is -0.472 e. The molecule has 5 rings (SSSR count). The predicted octanol–water partition coefficient (Wildman–Crippen LogP) is 4.74. The van der Waals surface area contributed by atoms with Crippen molar-refractivity contribution < 1.29 is 14.3 Å². The first-order valence-electron chi connectivity index (χ1n) is 9.23. The van der Waals surface area contributed by atoms with Crippen molar-refractivity contribution in [3.63, 3.8) is 0 Å². The second-order valence-corrected chi connectivity index (χ2v) is 7.82. The van der Waals surface area contributed by atoms with Gasteiger partial charge >= 0.3 is 6.09 Å². The predicted molar refractivity (Wildman–Crippen MR) is 96.2 cm³/mol. The molecule has 4 bridgehead atoms. The van der Waals surface area contributed by atoms with E-state index < -0.39 is 0 Å². The lowest BCUT2D eigenvalue weighted by molar-refractivity contribution is -0.0173. The Morgan fingerprint density at radius 3 is 2.32 bits per heavy atom. The molecule has 1 aliphatic heterocycles. The van der Waals surface area contributed by atoms with E-state index in [1.54, 1.807) is 24.5 Å². The first-order valence-corrected chi connectivity index (χ1v) is 9.23. The van der Waals surface area contributed by atoms with Gasteiger partial charge in [0.25, 0.3) is 0 Å². The quantitative estimate of drug-likeness (QED) is 0.791. The van der Waals surface area contributed by atoms with Gasteiger partial charge in [-0.25, -0.2) is 4.79 Å². The van der Waals surface area contributed by atoms with Gasteiger partial charge in [-0.15, -0.1) is 0 Å². The molecule has 0 unspecified atom stereocenters. The second kappa shape index (κ2) is 6.95. The number of alkyl carbamates (subject to hydrolysis) is 1. The third-order valence-electron chi connectivity index (χ3n) is 5.79. The van der Waals surface area contributed by atoms with E-state index in [1.807, 2.05) is 24.3 Å². The van der Waals surface area contributed by atoms with Gasteiger partial charge < -0.3 is 14.8 Å². The van der Waals surface area contributed by atoms with Gasteiger partial charge in [-0.3, -0.25) is 0 Å². The summed E-state index contributed by atoms with van der Waals surface area (Å²) in [5.41, 5.74) is -0.0403. The fourth-order valence-electron chi connectivity index (χ4n) is 5.32. The average molecular weight is 339 g/mol. The third-order valence-corrected chi connectivity index (χ3v) is 5.79. The van der Waals surface area contributed by atoms with Crippen LogP contribution in [-0.2, 0) is 9.47 Å². The van der Waals surface area contributed by atoms with Crippen molar-refractivity contribution in [1.82, 2.24) is 5.32 Å². The molecule has 4 fully saturated rings. The van der Waals surface area contributed by atoms with Crippen molar-refractivity contribution in [2.45, 2.75) is 44.1 Å². The summed E-state index contributed by atoms with van der Waals surface area (Å²) in [4.78, 5) is 12.5. The molecule has 5 aliphatic rings. The summed E-state index contributed by atoms with van der Waals surface area (Å²) in [6.45, 7) is 0. The second-order valence-electron chi connectivity index (χ2n) is 7.82. The molecule has 0 saturated heterocycles. The Labute approximate surface area is 149 Å². The van der Waals surface area contributed by atoms with Gasteiger partial charge in [-0.2, -0.15) is 0 Å². The van der Waals surface area contributed by atoms with Crippen molar-refractivity contribution in [1.29, 1.82) is 0 Å². The van der Waals surface area contributed by atoms with Crippen LogP contribution in [-0.4, -0.2) is 11.6 Å². The molecule has 0 radical (unpaired) electrons. The fraction of sp³-hybridized carbons (Fsp3) is 0.476. The first kappa shape index (κ1) is 16.2. The molecular formula is C21H25NO3. The minimum atomic E-state index is -0.354. The van der Waals surface area contributed by atoms with Crippen LogP contribution in [0.4, 0.5) is 4.79 Å². The van der Waals surface area contributed by atoms with Crippen molar-refractivity contribution in [3.8, 4) is 0 Å². The van der Waals surface area contributed by atoms with Gasteiger partial charge in [-0.1, -0.05) is 24.3 Å². The van der Waals surface area contributed by atoms with E-state index in [9.17, 15) is 4.79 Å². The Bertz CT molecular complexity index is 633. The molecule has 132 valence electrons. The molecule has 0 spiro atoms. The van der Waals surface area contributed by atoms with Gasteiger partial charge in [0.1, 0.15) is 5.76 Å². The van der Waals surface area contributed by atoms with Gasteiger partial charge in [0.15, 0.2) is 0 Å². The minimum absolute atomic E-state index is 0.0403. The van der Waals surface area contributed by atoms with Gasteiger partial charge in [0.05, 0.1) is 12.5 Å². The Kier molecular flexibility index (Phi) is 4.51. The molecule has 4 aliphatic carbocycles. The number of allylic oxidation sites excluding steroid dienone is 7. The molecule has 4 nitrogen and oxygen atoms in total. The van der Waals surface area contributed by atoms with Crippen LogP contribution in [0.1, 0.15) is 38.5 Å². The zero-order chi connectivity index (χ0) is 17.1. The molecular weight excluding hydrogens is 314 g/mol. The smallest absolute Gasteiger partial charge is 0.413 e. The summed E-state index contributed by atoms with van der Waals surface area (Å²) in [5.74, 6) is 2.83. The Morgan fingerprint density at radius 1 is 0.960 bits per heavy atom. The fourth-order valence-corrected chi connectivity index (χ4v) is 5.32. The van der Waals surface area contributed by atoms with E-state index in [4.69, 9.17) is 9.47 Å². The molecule has 1 heterocycles. The lowest BCUT2D eigenvalue weighted by Crippen LogP contribution is -2.59. The molecule has 0 aromatic rings. The number of ether oxygens (including phenoxy) is 2. The van der Waals surface area contributed by atoms with Crippen LogP contribution >= 0.6 is 0 Å². The Balaban J connectivity index is 1.41. The zero-order valence-corrected chi connectivity index (χ0v) is 14.4. The normalized spacial score (nSPS) is 35.7. The van der Waals surface area contributed by atoms with Crippen molar-refractivity contribution >= 4 is 6.09 Å². The molecule has 1 N–H and O–H groups in total. The van der Waals surface area contributed by atoms with E-state index in [-0.39, 0.29) is 11.6 Å². The van der Waals surface area contributed by atoms with E-state index >= 15 is 0 Å². The molecule has 4 heteroatoms. The molecule has 1 amide bonds. The van der Waals surface area contributed by atoms with E-state index in [1.165, 1.54) is 25.5 Å². The van der Waals surface area contributed by atoms with Crippen LogP contribution in [0.5, 0.6) is 0 Å². The van der Waals surface area contributed by atoms with Gasteiger partial charge in [0.2, 0.25) is 0 Å². The number of hydrogen-bond acceptors (Lipinski definition) is 3. The highest BCUT2D eigenvalue weighted by molar-refractivity contribution is 5.70. The van der Waals surface area contributed by atoms with Crippen molar-refractivity contribution in [2.75, 3.05) is 0 Å². The lowest BCUT2D eigenvalue weighted by atomic mass is 9.53. The van der Waals surface area contributed by atoms with Crippen LogP contribution in [0.3, 0.4) is 0 Å². The van der Waals surface area contributed by atoms with E-state index in [0.717, 1.165) is 37.0 Å². The average Bonchev–Trinajstić information content (AvgIpc) is 2.59. The number of amides is 1. The number of hydrogen-bond donors (Lipinski definition) is 1. The Hall–Kier alpha value is -2.23. The number of rotatable bonds is 2. The van der Waals surface area contributed by atoms with E-state index in [2.05, 4.69) is 5.32 Å². The highest BCUT2D eigenvalue weighted by Gasteiger charge is 2.51. The van der Waals surface area contributed by atoms with Crippen LogP contribution in [0, 0.1) is 17.8 Å². The monoisotopic (exact) mass is 339 g/mol. The number of carbonyl (C=O) groups excluding carboxylic acids is 1. The highest BCUT2D eigenvalue weighted by atomic mass is 16.6. The summed E-state index contributed by atoms with van der Waals surface area (Å²) in [6, 6.07) is 0.